The van der Waals surface area contributed by atoms with Crippen LogP contribution in [-0.4, -0.2) is 41.9 Å². The van der Waals surface area contributed by atoms with Gasteiger partial charge in [0.05, 0.1) is 5.56 Å². The highest BCUT2D eigenvalue weighted by Gasteiger charge is 2.31. The number of halogens is 1. The number of para-hydroxylation sites is 1. The fraction of sp³-hybridized carbons (Fsp3) is 0.562. The topological polar surface area (TPSA) is 38.8 Å². The van der Waals surface area contributed by atoms with Crippen LogP contribution >= 0.6 is 15.9 Å². The zero-order valence-corrected chi connectivity index (χ0v) is 13.6. The van der Waals surface area contributed by atoms with Crippen molar-refractivity contribution >= 4 is 21.8 Å². The molecule has 0 atom stereocenters. The lowest BCUT2D eigenvalue weighted by molar-refractivity contribution is 0.0572. The van der Waals surface area contributed by atoms with E-state index in [1.807, 2.05) is 23.1 Å². The molecule has 21 heavy (non-hydrogen) atoms. The zero-order valence-electron chi connectivity index (χ0n) is 12.0. The molecule has 1 saturated carbocycles. The highest BCUT2D eigenvalue weighted by molar-refractivity contribution is 9.09. The van der Waals surface area contributed by atoms with Crippen molar-refractivity contribution in [3.8, 4) is 11.5 Å². The Labute approximate surface area is 133 Å². The molecule has 1 aliphatic carbocycles. The van der Waals surface area contributed by atoms with Crippen LogP contribution < -0.4 is 9.47 Å². The highest BCUT2D eigenvalue weighted by atomic mass is 79.9. The number of amides is 1. The number of benzene rings is 1. The van der Waals surface area contributed by atoms with Crippen LogP contribution in [0.25, 0.3) is 0 Å². The molecule has 1 heterocycles. The average Bonchev–Trinajstić information content (AvgIpc) is 2.48. The predicted octanol–water partition coefficient (Wildman–Crippen LogP) is 3.24. The number of alkyl halides is 1. The lowest BCUT2D eigenvalue weighted by Crippen LogP contribution is -2.45. The van der Waals surface area contributed by atoms with Crippen molar-refractivity contribution in [1.82, 2.24) is 4.90 Å². The quantitative estimate of drug-likeness (QED) is 0.762. The molecule has 2 aliphatic rings. The summed E-state index contributed by atoms with van der Waals surface area (Å²) in [5, 5.41) is 0.913. The van der Waals surface area contributed by atoms with Crippen molar-refractivity contribution < 1.29 is 14.3 Å². The van der Waals surface area contributed by atoms with Gasteiger partial charge in [0.2, 0.25) is 0 Å². The summed E-state index contributed by atoms with van der Waals surface area (Å²) in [6, 6.07) is 5.95. The molecule has 1 aliphatic heterocycles. The monoisotopic (exact) mass is 353 g/mol. The Morgan fingerprint density at radius 1 is 1.29 bits per heavy atom. The van der Waals surface area contributed by atoms with Crippen LogP contribution in [0.2, 0.25) is 0 Å². The van der Waals surface area contributed by atoms with Crippen LogP contribution in [0.3, 0.4) is 0 Å². The van der Waals surface area contributed by atoms with Gasteiger partial charge < -0.3 is 14.4 Å². The third-order valence-corrected chi connectivity index (χ3v) is 4.67. The number of carbonyl (C=O) groups excluding carboxylic acids is 1. The Hall–Kier alpha value is -1.23. The lowest BCUT2D eigenvalue weighted by Gasteiger charge is -2.38. The Bertz CT molecular complexity index is 516. The van der Waals surface area contributed by atoms with E-state index in [0.717, 1.165) is 31.1 Å². The normalized spacial score (nSPS) is 17.2. The summed E-state index contributed by atoms with van der Waals surface area (Å²) in [7, 11) is 0. The number of nitrogens with zero attached hydrogens (tertiary/aromatic N) is 1. The molecule has 0 saturated heterocycles. The molecule has 4 nitrogen and oxygen atoms in total. The third-order valence-electron chi connectivity index (χ3n) is 4.11. The second-order valence-corrected chi connectivity index (χ2v) is 6.25. The number of carbonyl (C=O) groups is 1. The lowest BCUT2D eigenvalue weighted by atomic mass is 9.90. The minimum absolute atomic E-state index is 0.0722. The molecular weight excluding hydrogens is 334 g/mol. The Morgan fingerprint density at radius 2 is 2.10 bits per heavy atom. The van der Waals surface area contributed by atoms with Crippen LogP contribution in [0.4, 0.5) is 0 Å². The molecule has 1 amide bonds. The van der Waals surface area contributed by atoms with Crippen LogP contribution in [0.15, 0.2) is 18.2 Å². The van der Waals surface area contributed by atoms with Crippen molar-refractivity contribution in [2.24, 2.45) is 0 Å². The van der Waals surface area contributed by atoms with E-state index < -0.39 is 0 Å². The van der Waals surface area contributed by atoms with Gasteiger partial charge in [-0.2, -0.15) is 0 Å². The molecule has 1 fully saturated rings. The van der Waals surface area contributed by atoms with Crippen molar-refractivity contribution in [3.05, 3.63) is 23.8 Å². The molecule has 0 aromatic heterocycles. The summed E-state index contributed by atoms with van der Waals surface area (Å²) < 4.78 is 11.3. The third kappa shape index (κ3) is 3.03. The van der Waals surface area contributed by atoms with Crippen molar-refractivity contribution in [2.45, 2.75) is 31.7 Å². The van der Waals surface area contributed by atoms with Gasteiger partial charge in [0.25, 0.3) is 5.91 Å². The molecule has 3 rings (SSSR count). The van der Waals surface area contributed by atoms with Crippen LogP contribution in [0, 0.1) is 0 Å². The maximum absolute atomic E-state index is 12.9. The minimum Gasteiger partial charge on any atom is -0.486 e. The Kier molecular flexibility index (Phi) is 4.68. The predicted molar refractivity (Wildman–Crippen MR) is 84.5 cm³/mol. The molecule has 0 N–H and O–H groups in total. The smallest absolute Gasteiger partial charge is 0.258 e. The summed E-state index contributed by atoms with van der Waals surface area (Å²) in [6.07, 6.45) is 4.41. The van der Waals surface area contributed by atoms with E-state index in [-0.39, 0.29) is 5.91 Å². The molecule has 0 spiro atoms. The summed E-state index contributed by atoms with van der Waals surface area (Å²) >= 11 is 3.45. The van der Waals surface area contributed by atoms with E-state index in [4.69, 9.17) is 9.47 Å². The van der Waals surface area contributed by atoms with Gasteiger partial charge in [0, 0.05) is 17.9 Å². The first-order chi connectivity index (χ1) is 10.3. The van der Waals surface area contributed by atoms with Crippen molar-refractivity contribution in [3.63, 3.8) is 0 Å². The number of ether oxygens (including phenoxy) is 2. The van der Waals surface area contributed by atoms with Crippen molar-refractivity contribution in [2.75, 3.05) is 25.1 Å². The Balaban J connectivity index is 1.85. The molecular formula is C16H20BrNO3. The van der Waals surface area contributed by atoms with E-state index in [2.05, 4.69) is 15.9 Å². The maximum Gasteiger partial charge on any atom is 0.258 e. The summed E-state index contributed by atoms with van der Waals surface area (Å²) in [5.74, 6) is 1.36. The number of hydrogen-bond acceptors (Lipinski definition) is 3. The van der Waals surface area contributed by atoms with Crippen LogP contribution in [0.5, 0.6) is 11.5 Å². The zero-order chi connectivity index (χ0) is 14.7. The van der Waals surface area contributed by atoms with E-state index >= 15 is 0 Å². The first kappa shape index (κ1) is 14.7. The molecule has 0 radical (unpaired) electrons. The summed E-state index contributed by atoms with van der Waals surface area (Å²) in [4.78, 5) is 14.9. The standard InChI is InChI=1S/C16H20BrNO3/c17-8-3-9-18(12-4-1-5-12)16(19)13-6-2-7-14-15(13)21-11-10-20-14/h2,6-7,12H,1,3-5,8-11H2. The molecule has 1 aromatic rings. The largest absolute Gasteiger partial charge is 0.486 e. The molecule has 5 heteroatoms. The first-order valence-corrected chi connectivity index (χ1v) is 8.69. The van der Waals surface area contributed by atoms with Gasteiger partial charge in [0.1, 0.15) is 13.2 Å². The van der Waals surface area contributed by atoms with Crippen molar-refractivity contribution in [1.29, 1.82) is 0 Å². The maximum atomic E-state index is 12.9. The minimum atomic E-state index is 0.0722. The Morgan fingerprint density at radius 3 is 2.81 bits per heavy atom. The van der Waals surface area contributed by atoms with Crippen LogP contribution in [0.1, 0.15) is 36.0 Å². The summed E-state index contributed by atoms with van der Waals surface area (Å²) in [6.45, 7) is 1.84. The fourth-order valence-corrected chi connectivity index (χ4v) is 3.03. The molecule has 1 aromatic carbocycles. The molecule has 0 bridgehead atoms. The average molecular weight is 354 g/mol. The second-order valence-electron chi connectivity index (χ2n) is 5.46. The SMILES string of the molecule is O=C(c1cccc2c1OCCO2)N(CCCBr)C1CCC1. The van der Waals surface area contributed by atoms with E-state index in [1.165, 1.54) is 6.42 Å². The highest BCUT2D eigenvalue weighted by Crippen LogP contribution is 2.36. The molecule has 114 valence electrons. The van der Waals surface area contributed by atoms with Gasteiger partial charge in [-0.25, -0.2) is 0 Å². The summed E-state index contributed by atoms with van der Waals surface area (Å²) in [5.41, 5.74) is 0.633. The first-order valence-electron chi connectivity index (χ1n) is 7.57. The van der Waals surface area contributed by atoms with Gasteiger partial charge in [0.15, 0.2) is 11.5 Å². The molecule has 0 unspecified atom stereocenters. The second kappa shape index (κ2) is 6.69. The number of hydrogen-bond donors (Lipinski definition) is 0. The number of rotatable bonds is 5. The van der Waals surface area contributed by atoms with Gasteiger partial charge >= 0.3 is 0 Å². The van der Waals surface area contributed by atoms with Crippen LogP contribution in [-0.2, 0) is 0 Å². The van der Waals surface area contributed by atoms with Gasteiger partial charge in [-0.05, 0) is 37.8 Å². The van der Waals surface area contributed by atoms with Gasteiger partial charge in [-0.1, -0.05) is 22.0 Å². The van der Waals surface area contributed by atoms with E-state index in [9.17, 15) is 4.79 Å². The fourth-order valence-electron chi connectivity index (χ4n) is 2.78. The van der Waals surface area contributed by atoms with E-state index in [0.29, 0.717) is 36.3 Å². The number of fused-ring (bicyclic) bond motifs is 1. The van der Waals surface area contributed by atoms with Gasteiger partial charge in [-0.3, -0.25) is 4.79 Å². The van der Waals surface area contributed by atoms with E-state index in [1.54, 1.807) is 0 Å². The van der Waals surface area contributed by atoms with Gasteiger partial charge in [-0.15, -0.1) is 0 Å².